The van der Waals surface area contributed by atoms with E-state index in [1.165, 1.54) is 20.3 Å². The second-order valence-electron chi connectivity index (χ2n) is 11.6. The van der Waals surface area contributed by atoms with Crippen LogP contribution >= 0.6 is 0 Å². The van der Waals surface area contributed by atoms with Gasteiger partial charge in [-0.25, -0.2) is 23.4 Å². The molecule has 0 spiro atoms. The summed E-state index contributed by atoms with van der Waals surface area (Å²) in [6, 6.07) is 9.81. The van der Waals surface area contributed by atoms with E-state index in [-0.39, 0.29) is 17.7 Å². The number of pyridine rings is 1. The smallest absolute Gasteiger partial charge is 0.407 e. The van der Waals surface area contributed by atoms with E-state index in [0.717, 1.165) is 30.2 Å². The van der Waals surface area contributed by atoms with Gasteiger partial charge in [-0.15, -0.1) is 0 Å². The minimum Gasteiger partial charge on any atom is -0.481 e. The lowest BCUT2D eigenvalue weighted by Crippen LogP contribution is -2.51. The quantitative estimate of drug-likeness (QED) is 0.286. The highest BCUT2D eigenvalue weighted by Crippen LogP contribution is 2.28. The zero-order chi connectivity index (χ0) is 31.9. The third kappa shape index (κ3) is 8.73. The number of carbonyl (C=O) groups is 2. The van der Waals surface area contributed by atoms with Crippen LogP contribution in [0.4, 0.5) is 13.6 Å². The van der Waals surface area contributed by atoms with Gasteiger partial charge in [0.15, 0.2) is 0 Å². The summed E-state index contributed by atoms with van der Waals surface area (Å²) in [5, 5.41) is 6.96. The second kappa shape index (κ2) is 14.6. The molecule has 44 heavy (non-hydrogen) atoms. The molecule has 1 unspecified atom stereocenters. The molecule has 0 radical (unpaired) electrons. The zero-order valence-electron chi connectivity index (χ0n) is 25.6. The van der Waals surface area contributed by atoms with E-state index in [2.05, 4.69) is 15.6 Å². The molecule has 1 aliphatic rings. The summed E-state index contributed by atoms with van der Waals surface area (Å²) < 4.78 is 49.4. The molecule has 1 fully saturated rings. The fraction of sp³-hybridized carbons (Fsp3) is 0.424. The fourth-order valence-corrected chi connectivity index (χ4v) is 5.11. The maximum atomic E-state index is 13.9. The molecule has 1 amide bonds. The highest BCUT2D eigenvalue weighted by atomic mass is 19.1. The number of alkyl carbamates (subject to hydrolysis) is 1. The van der Waals surface area contributed by atoms with Crippen LogP contribution in [-0.2, 0) is 20.6 Å². The Morgan fingerprint density at radius 2 is 1.91 bits per heavy atom. The molecule has 3 aromatic rings. The van der Waals surface area contributed by atoms with Crippen molar-refractivity contribution >= 4 is 29.0 Å². The molecule has 0 bridgehead atoms. The molecule has 1 saturated heterocycles. The first kappa shape index (κ1) is 32.8. The maximum absolute atomic E-state index is 13.9. The normalized spacial score (nSPS) is 17.8. The van der Waals surface area contributed by atoms with Crippen molar-refractivity contribution in [2.45, 2.75) is 63.8 Å². The number of rotatable bonds is 10. The number of amides is 1. The van der Waals surface area contributed by atoms with Crippen LogP contribution in [0, 0.1) is 11.6 Å². The number of ether oxygens (including phenoxy) is 4. The number of benzene rings is 2. The van der Waals surface area contributed by atoms with E-state index in [0.29, 0.717) is 48.3 Å². The average molecular weight is 612 g/mol. The summed E-state index contributed by atoms with van der Waals surface area (Å²) in [6.45, 7) is 6.21. The van der Waals surface area contributed by atoms with E-state index in [1.54, 1.807) is 51.1 Å². The van der Waals surface area contributed by atoms with Crippen LogP contribution in [0.15, 0.2) is 48.5 Å². The number of hydrogen-bond donors (Lipinski definition) is 2. The van der Waals surface area contributed by atoms with Crippen molar-refractivity contribution in [3.05, 3.63) is 76.9 Å². The van der Waals surface area contributed by atoms with Crippen molar-refractivity contribution in [2.75, 3.05) is 27.4 Å². The van der Waals surface area contributed by atoms with Gasteiger partial charge in [0.05, 0.1) is 44.1 Å². The Morgan fingerprint density at radius 1 is 1.11 bits per heavy atom. The van der Waals surface area contributed by atoms with Crippen molar-refractivity contribution in [1.29, 1.82) is 0 Å². The number of carbonyl (C=O) groups excluding carboxylic acids is 2. The standard InChI is InChI=1S/C33H39F2N3O6/c1-33(2,3)44-32(40)37-27(18-21-8-11-25(31(39)42-5)24-12-15-29(41-4)38-30(21)24)28-14-10-23(19-43-28)36-16-6-7-20-17-22(34)9-13-26(20)35/h6-9,11-13,15,17,23,27-28,36H,10,14,16,18-19H2,1-5H3,(H,37,40)/t23-,27?,28+/m0/s1. The second-order valence-corrected chi connectivity index (χ2v) is 11.6. The van der Waals surface area contributed by atoms with Gasteiger partial charge in [-0.2, -0.15) is 0 Å². The largest absolute Gasteiger partial charge is 0.481 e. The van der Waals surface area contributed by atoms with Gasteiger partial charge in [0, 0.05) is 29.6 Å². The molecule has 4 rings (SSSR count). The third-order valence-electron chi connectivity index (χ3n) is 7.21. The summed E-state index contributed by atoms with van der Waals surface area (Å²) in [7, 11) is 2.84. The van der Waals surface area contributed by atoms with E-state index >= 15 is 0 Å². The Balaban J connectivity index is 1.49. The summed E-state index contributed by atoms with van der Waals surface area (Å²) in [5.74, 6) is -1.09. The molecule has 2 aromatic carbocycles. The minimum absolute atomic E-state index is 0.0292. The van der Waals surface area contributed by atoms with Crippen molar-refractivity contribution in [2.24, 2.45) is 0 Å². The topological polar surface area (TPSA) is 108 Å². The fourth-order valence-electron chi connectivity index (χ4n) is 5.11. The number of esters is 1. The van der Waals surface area contributed by atoms with Crippen LogP contribution in [0.3, 0.4) is 0 Å². The number of fused-ring (bicyclic) bond motifs is 1. The number of nitrogens with one attached hydrogen (secondary N) is 2. The Labute approximate surface area is 255 Å². The number of nitrogens with zero attached hydrogens (tertiary/aromatic N) is 1. The van der Waals surface area contributed by atoms with Gasteiger partial charge in [-0.05, 0) is 75.9 Å². The summed E-state index contributed by atoms with van der Waals surface area (Å²) in [4.78, 5) is 30.0. The zero-order valence-corrected chi connectivity index (χ0v) is 25.6. The van der Waals surface area contributed by atoms with Gasteiger partial charge in [0.1, 0.15) is 17.2 Å². The van der Waals surface area contributed by atoms with Gasteiger partial charge < -0.3 is 29.6 Å². The van der Waals surface area contributed by atoms with Gasteiger partial charge in [0.25, 0.3) is 0 Å². The van der Waals surface area contributed by atoms with Gasteiger partial charge in [0.2, 0.25) is 5.88 Å². The Kier molecular flexibility index (Phi) is 10.9. The minimum atomic E-state index is -0.692. The molecule has 1 aliphatic heterocycles. The Bertz CT molecular complexity index is 1500. The van der Waals surface area contributed by atoms with Crippen LogP contribution in [0.2, 0.25) is 0 Å². The average Bonchev–Trinajstić information content (AvgIpc) is 2.99. The van der Waals surface area contributed by atoms with Crippen molar-refractivity contribution in [3.8, 4) is 5.88 Å². The molecule has 2 heterocycles. The van der Waals surface area contributed by atoms with E-state index in [1.807, 2.05) is 0 Å². The molecular weight excluding hydrogens is 572 g/mol. The molecule has 236 valence electrons. The molecule has 9 nitrogen and oxygen atoms in total. The lowest BCUT2D eigenvalue weighted by Gasteiger charge is -2.35. The van der Waals surface area contributed by atoms with Gasteiger partial charge in [-0.3, -0.25) is 0 Å². The summed E-state index contributed by atoms with van der Waals surface area (Å²) >= 11 is 0. The van der Waals surface area contributed by atoms with Crippen molar-refractivity contribution < 1.29 is 37.3 Å². The van der Waals surface area contributed by atoms with Crippen LogP contribution < -0.4 is 15.4 Å². The predicted octanol–water partition coefficient (Wildman–Crippen LogP) is 5.59. The first-order valence-corrected chi connectivity index (χ1v) is 14.5. The molecule has 3 atom stereocenters. The monoisotopic (exact) mass is 611 g/mol. The number of halogens is 2. The molecular formula is C33H39F2N3O6. The van der Waals surface area contributed by atoms with Crippen LogP contribution in [0.5, 0.6) is 5.88 Å². The first-order valence-electron chi connectivity index (χ1n) is 14.5. The summed E-state index contributed by atoms with van der Waals surface area (Å²) in [6.07, 6.45) is 4.12. The lowest BCUT2D eigenvalue weighted by atomic mass is 9.92. The van der Waals surface area contributed by atoms with Crippen LogP contribution in [0.1, 0.15) is 55.1 Å². The lowest BCUT2D eigenvalue weighted by molar-refractivity contribution is -0.0258. The predicted molar refractivity (Wildman–Crippen MR) is 163 cm³/mol. The van der Waals surface area contributed by atoms with E-state index in [4.69, 9.17) is 18.9 Å². The van der Waals surface area contributed by atoms with Crippen LogP contribution in [-0.4, -0.2) is 68.2 Å². The van der Waals surface area contributed by atoms with Crippen LogP contribution in [0.25, 0.3) is 17.0 Å². The highest BCUT2D eigenvalue weighted by Gasteiger charge is 2.32. The maximum Gasteiger partial charge on any atom is 0.407 e. The number of hydrogen-bond acceptors (Lipinski definition) is 8. The number of aromatic nitrogens is 1. The van der Waals surface area contributed by atoms with Gasteiger partial charge >= 0.3 is 12.1 Å². The van der Waals surface area contributed by atoms with E-state index in [9.17, 15) is 18.4 Å². The summed E-state index contributed by atoms with van der Waals surface area (Å²) in [5.41, 5.74) is 1.20. The molecule has 0 aliphatic carbocycles. The SMILES string of the molecule is COC(=O)c1ccc(CC(NC(=O)OC(C)(C)C)[C@H]2CC[C@H](NCC=Cc3cc(F)ccc3F)CO2)c2nc(OC)ccc12. The van der Waals surface area contributed by atoms with Crippen molar-refractivity contribution in [3.63, 3.8) is 0 Å². The molecule has 1 aromatic heterocycles. The van der Waals surface area contributed by atoms with E-state index < -0.39 is 35.3 Å². The molecule has 0 saturated carbocycles. The van der Waals surface area contributed by atoms with Crippen molar-refractivity contribution in [1.82, 2.24) is 15.6 Å². The molecule has 11 heteroatoms. The third-order valence-corrected chi connectivity index (χ3v) is 7.21. The first-order chi connectivity index (χ1) is 21.0. The van der Waals surface area contributed by atoms with Gasteiger partial charge in [-0.1, -0.05) is 18.2 Å². The molecule has 2 N–H and O–H groups in total. The Hall–Kier alpha value is -4.09. The number of methoxy groups -OCH3 is 2. The highest BCUT2D eigenvalue weighted by molar-refractivity contribution is 6.04. The Morgan fingerprint density at radius 3 is 2.59 bits per heavy atom.